The van der Waals surface area contributed by atoms with Gasteiger partial charge in [-0.1, -0.05) is 60.7 Å². The van der Waals surface area contributed by atoms with Gasteiger partial charge in [0.2, 0.25) is 0 Å². The lowest BCUT2D eigenvalue weighted by Gasteiger charge is -2.08. The molecule has 111 valence electrons. The normalized spacial score (nSPS) is 11.3. The summed E-state index contributed by atoms with van der Waals surface area (Å²) in [4.78, 5) is 8.51. The Hall–Kier alpha value is -3.26. The number of aromatic nitrogens is 2. The van der Waals surface area contributed by atoms with Crippen molar-refractivity contribution in [3.8, 4) is 11.3 Å². The largest absolute Gasteiger partial charge is 0.261 e. The van der Waals surface area contributed by atoms with Gasteiger partial charge in [0.05, 0.1) is 11.9 Å². The number of hydrogen-bond donors (Lipinski definition) is 0. The minimum Gasteiger partial charge on any atom is -0.261 e. The van der Waals surface area contributed by atoms with Crippen LogP contribution in [-0.4, -0.2) is 9.97 Å². The standard InChI is InChI=1S/C22H13N2/c1-2-4-18-15(3-1)5-9-21-19-8-7-17(22-14-23-11-12-24-22)13-16(19)6-10-20(18)21/h1-12,14H. The van der Waals surface area contributed by atoms with Crippen molar-refractivity contribution in [1.29, 1.82) is 0 Å². The van der Waals surface area contributed by atoms with E-state index in [1.54, 1.807) is 18.6 Å². The molecule has 0 aliphatic carbocycles. The Balaban J connectivity index is 1.81. The highest BCUT2D eigenvalue weighted by atomic mass is 14.8. The Bertz CT molecular complexity index is 1190. The first kappa shape index (κ1) is 13.2. The van der Waals surface area contributed by atoms with Gasteiger partial charge < -0.3 is 0 Å². The second-order valence-corrected chi connectivity index (χ2v) is 5.87. The summed E-state index contributed by atoms with van der Waals surface area (Å²) >= 11 is 0. The summed E-state index contributed by atoms with van der Waals surface area (Å²) in [6.45, 7) is 0. The van der Waals surface area contributed by atoms with Gasteiger partial charge in [-0.25, -0.2) is 0 Å². The minimum atomic E-state index is 0.845. The molecule has 0 saturated carbocycles. The molecule has 5 aromatic rings. The third kappa shape index (κ3) is 1.97. The van der Waals surface area contributed by atoms with Crippen LogP contribution >= 0.6 is 0 Å². The van der Waals surface area contributed by atoms with E-state index in [0.717, 1.165) is 16.6 Å². The molecule has 5 rings (SSSR count). The molecule has 2 nitrogen and oxygen atoms in total. The van der Waals surface area contributed by atoms with Gasteiger partial charge in [0, 0.05) is 24.0 Å². The zero-order valence-corrected chi connectivity index (χ0v) is 12.9. The van der Waals surface area contributed by atoms with E-state index < -0.39 is 0 Å². The molecule has 24 heavy (non-hydrogen) atoms. The number of rotatable bonds is 1. The molecule has 1 heterocycles. The van der Waals surface area contributed by atoms with Gasteiger partial charge in [0.15, 0.2) is 0 Å². The highest BCUT2D eigenvalue weighted by Gasteiger charge is 2.06. The van der Waals surface area contributed by atoms with Gasteiger partial charge in [0.1, 0.15) is 0 Å². The first-order chi connectivity index (χ1) is 11.9. The second-order valence-electron chi connectivity index (χ2n) is 5.87. The molecule has 0 aliphatic rings. The lowest BCUT2D eigenvalue weighted by molar-refractivity contribution is 1.21. The van der Waals surface area contributed by atoms with Crippen molar-refractivity contribution in [1.82, 2.24) is 9.97 Å². The van der Waals surface area contributed by atoms with Crippen LogP contribution in [0.5, 0.6) is 0 Å². The van der Waals surface area contributed by atoms with E-state index in [4.69, 9.17) is 0 Å². The summed E-state index contributed by atoms with van der Waals surface area (Å²) < 4.78 is 0. The Morgan fingerprint density at radius 2 is 1.50 bits per heavy atom. The van der Waals surface area contributed by atoms with Crippen LogP contribution in [0.3, 0.4) is 0 Å². The van der Waals surface area contributed by atoms with Crippen molar-refractivity contribution in [2.24, 2.45) is 0 Å². The molecule has 0 unspecified atom stereocenters. The van der Waals surface area contributed by atoms with E-state index in [0.29, 0.717) is 0 Å². The van der Waals surface area contributed by atoms with E-state index >= 15 is 0 Å². The molecule has 0 N–H and O–H groups in total. The third-order valence-corrected chi connectivity index (χ3v) is 4.49. The summed E-state index contributed by atoms with van der Waals surface area (Å²) in [5.74, 6) is 0. The van der Waals surface area contributed by atoms with Crippen LogP contribution in [0.2, 0.25) is 0 Å². The van der Waals surface area contributed by atoms with Crippen LogP contribution in [0, 0.1) is 6.07 Å². The molecular weight excluding hydrogens is 292 g/mol. The van der Waals surface area contributed by atoms with E-state index in [9.17, 15) is 0 Å². The number of nitrogens with zero attached hydrogens (tertiary/aromatic N) is 2. The SMILES string of the molecule is [c]1c(-c2cnccn2)ccc2c1ccc1c3ccccc3ccc21. The topological polar surface area (TPSA) is 25.8 Å². The monoisotopic (exact) mass is 305 g/mol. The Morgan fingerprint density at radius 1 is 0.667 bits per heavy atom. The Kier molecular flexibility index (Phi) is 2.83. The lowest BCUT2D eigenvalue weighted by atomic mass is 9.96. The summed E-state index contributed by atoms with van der Waals surface area (Å²) in [5.41, 5.74) is 1.81. The molecule has 1 aromatic heterocycles. The van der Waals surface area contributed by atoms with Gasteiger partial charge in [-0.3, -0.25) is 9.97 Å². The fourth-order valence-electron chi connectivity index (χ4n) is 3.34. The van der Waals surface area contributed by atoms with Gasteiger partial charge >= 0.3 is 0 Å². The smallest absolute Gasteiger partial charge is 0.0891 e. The maximum absolute atomic E-state index is 4.37. The van der Waals surface area contributed by atoms with Crippen LogP contribution < -0.4 is 0 Å². The van der Waals surface area contributed by atoms with Gasteiger partial charge in [-0.2, -0.15) is 0 Å². The van der Waals surface area contributed by atoms with Crippen LogP contribution in [0.15, 0.2) is 79.3 Å². The number of fused-ring (bicyclic) bond motifs is 5. The Labute approximate surface area is 139 Å². The Morgan fingerprint density at radius 3 is 2.42 bits per heavy atom. The lowest BCUT2D eigenvalue weighted by Crippen LogP contribution is -1.86. The van der Waals surface area contributed by atoms with E-state index in [2.05, 4.69) is 76.7 Å². The predicted molar refractivity (Wildman–Crippen MR) is 98.8 cm³/mol. The van der Waals surface area contributed by atoms with Crippen LogP contribution in [-0.2, 0) is 0 Å². The molecule has 0 aliphatic heterocycles. The molecule has 0 atom stereocenters. The molecule has 4 aromatic carbocycles. The van der Waals surface area contributed by atoms with Crippen molar-refractivity contribution in [3.05, 3.63) is 85.3 Å². The van der Waals surface area contributed by atoms with Gasteiger partial charge in [-0.15, -0.1) is 0 Å². The van der Waals surface area contributed by atoms with Gasteiger partial charge in [0.25, 0.3) is 0 Å². The van der Waals surface area contributed by atoms with Crippen LogP contribution in [0.1, 0.15) is 0 Å². The van der Waals surface area contributed by atoms with Crippen molar-refractivity contribution < 1.29 is 0 Å². The predicted octanol–water partition coefficient (Wildman–Crippen LogP) is 5.40. The van der Waals surface area contributed by atoms with Crippen molar-refractivity contribution >= 4 is 32.3 Å². The van der Waals surface area contributed by atoms with Crippen molar-refractivity contribution in [2.45, 2.75) is 0 Å². The highest BCUT2D eigenvalue weighted by Crippen LogP contribution is 2.32. The molecule has 0 spiro atoms. The molecule has 0 saturated heterocycles. The maximum Gasteiger partial charge on any atom is 0.0891 e. The number of hydrogen-bond acceptors (Lipinski definition) is 2. The average Bonchev–Trinajstić information content (AvgIpc) is 2.67. The van der Waals surface area contributed by atoms with Gasteiger partial charge in [-0.05, 0) is 32.3 Å². The zero-order valence-electron chi connectivity index (χ0n) is 12.9. The van der Waals surface area contributed by atoms with E-state index in [-0.39, 0.29) is 0 Å². The highest BCUT2D eigenvalue weighted by molar-refractivity contribution is 6.17. The first-order valence-electron chi connectivity index (χ1n) is 7.93. The second kappa shape index (κ2) is 5.14. The van der Waals surface area contributed by atoms with Crippen LogP contribution in [0.4, 0.5) is 0 Å². The summed E-state index contributed by atoms with van der Waals surface area (Å²) in [6, 6.07) is 24.9. The van der Waals surface area contributed by atoms with Crippen molar-refractivity contribution in [2.75, 3.05) is 0 Å². The first-order valence-corrected chi connectivity index (χ1v) is 7.93. The quantitative estimate of drug-likeness (QED) is 0.387. The van der Waals surface area contributed by atoms with E-state index in [1.807, 2.05) is 0 Å². The van der Waals surface area contributed by atoms with Crippen molar-refractivity contribution in [3.63, 3.8) is 0 Å². The maximum atomic E-state index is 4.37. The fraction of sp³-hybridized carbons (Fsp3) is 0. The molecule has 2 heteroatoms. The average molecular weight is 305 g/mol. The molecule has 0 amide bonds. The number of benzene rings is 4. The fourth-order valence-corrected chi connectivity index (χ4v) is 3.34. The zero-order chi connectivity index (χ0) is 15.9. The molecule has 0 bridgehead atoms. The summed E-state index contributed by atoms with van der Waals surface area (Å²) in [5, 5.41) is 7.40. The summed E-state index contributed by atoms with van der Waals surface area (Å²) in [6.07, 6.45) is 5.16. The van der Waals surface area contributed by atoms with E-state index in [1.165, 1.54) is 26.9 Å². The molecule has 0 fully saturated rings. The minimum absolute atomic E-state index is 0.845. The third-order valence-electron chi connectivity index (χ3n) is 4.49. The molecule has 1 radical (unpaired) electrons. The molecular formula is C22H13N2. The summed E-state index contributed by atoms with van der Waals surface area (Å²) in [7, 11) is 0. The van der Waals surface area contributed by atoms with Crippen LogP contribution in [0.25, 0.3) is 43.6 Å².